The van der Waals surface area contributed by atoms with Crippen LogP contribution in [-0.2, 0) is 20.8 Å². The number of amides is 2. The Kier molecular flexibility index (Phi) is 9.29. The molecule has 5 unspecified atom stereocenters. The van der Waals surface area contributed by atoms with Gasteiger partial charge in [-0.1, -0.05) is 91.0 Å². The number of thioether (sulfide) groups is 1. The van der Waals surface area contributed by atoms with E-state index >= 15 is 0 Å². The van der Waals surface area contributed by atoms with Crippen LogP contribution in [0.4, 0.5) is 0 Å². The molecule has 2 aliphatic rings. The van der Waals surface area contributed by atoms with Crippen LogP contribution < -0.4 is 10.6 Å². The third kappa shape index (κ3) is 6.38. The van der Waals surface area contributed by atoms with Gasteiger partial charge in [-0.25, -0.2) is 4.79 Å². The minimum absolute atomic E-state index is 0.0846. The molecule has 0 bridgehead atoms. The lowest BCUT2D eigenvalue weighted by Gasteiger charge is -2.43. The smallest absolute Gasteiger partial charge is 0.327 e. The first kappa shape index (κ1) is 29.3. The Balaban J connectivity index is 0.000000194. The number of benzene rings is 3. The number of nitrogens with one attached hydrogen (secondary N) is 2. The van der Waals surface area contributed by atoms with Gasteiger partial charge in [-0.2, -0.15) is 0 Å². The maximum absolute atomic E-state index is 12.3. The second-order valence-electron chi connectivity index (χ2n) is 10.3. The monoisotopic (exact) mass is 561 g/mol. The van der Waals surface area contributed by atoms with Crippen molar-refractivity contribution in [2.75, 3.05) is 7.05 Å². The van der Waals surface area contributed by atoms with Crippen molar-refractivity contribution >= 4 is 29.5 Å². The first-order valence-electron chi connectivity index (χ1n) is 13.2. The van der Waals surface area contributed by atoms with Crippen molar-refractivity contribution < 1.29 is 24.6 Å². The molecule has 40 heavy (non-hydrogen) atoms. The number of fused-ring (bicyclic) bond motifs is 1. The lowest BCUT2D eigenvalue weighted by Crippen LogP contribution is -2.70. The highest BCUT2D eigenvalue weighted by atomic mass is 32.2. The highest BCUT2D eigenvalue weighted by Gasteiger charge is 2.64. The maximum Gasteiger partial charge on any atom is 0.327 e. The molecule has 9 heteroatoms. The molecule has 0 spiro atoms. The Morgan fingerprint density at radius 2 is 1.45 bits per heavy atom. The number of aliphatic hydroxyl groups is 1. The van der Waals surface area contributed by atoms with E-state index in [1.54, 1.807) is 0 Å². The second-order valence-corrected chi connectivity index (χ2v) is 12.1. The van der Waals surface area contributed by atoms with Gasteiger partial charge in [-0.3, -0.25) is 9.59 Å². The molecular weight excluding hydrogens is 526 g/mol. The van der Waals surface area contributed by atoms with Gasteiger partial charge in [0.1, 0.15) is 17.5 Å². The van der Waals surface area contributed by atoms with E-state index in [1.165, 1.54) is 16.7 Å². The molecule has 2 fully saturated rings. The molecule has 3 aromatic carbocycles. The summed E-state index contributed by atoms with van der Waals surface area (Å²) in [6.45, 7) is 3.62. The van der Waals surface area contributed by atoms with Gasteiger partial charge in [-0.05, 0) is 37.6 Å². The van der Waals surface area contributed by atoms with Crippen LogP contribution in [0.15, 0.2) is 91.0 Å². The highest BCUT2D eigenvalue weighted by Crippen LogP contribution is 2.50. The number of carboxylic acid groups (broad SMARTS) is 1. The van der Waals surface area contributed by atoms with Crippen LogP contribution in [0.25, 0.3) is 0 Å². The van der Waals surface area contributed by atoms with Gasteiger partial charge >= 0.3 is 5.97 Å². The van der Waals surface area contributed by atoms with Crippen LogP contribution in [-0.4, -0.2) is 62.1 Å². The molecule has 2 heterocycles. The van der Waals surface area contributed by atoms with Crippen molar-refractivity contribution in [3.05, 3.63) is 108 Å². The van der Waals surface area contributed by atoms with E-state index in [2.05, 4.69) is 10.6 Å². The van der Waals surface area contributed by atoms with Crippen molar-refractivity contribution in [1.82, 2.24) is 15.5 Å². The van der Waals surface area contributed by atoms with E-state index < -0.39 is 28.9 Å². The summed E-state index contributed by atoms with van der Waals surface area (Å²) in [4.78, 5) is 37.2. The average Bonchev–Trinajstić information content (AvgIpc) is 3.22. The number of carbonyl (C=O) groups excluding carboxylic acids is 2. The van der Waals surface area contributed by atoms with Gasteiger partial charge in [0.05, 0.1) is 18.6 Å². The first-order chi connectivity index (χ1) is 19.1. The average molecular weight is 562 g/mol. The van der Waals surface area contributed by atoms with Crippen molar-refractivity contribution in [2.24, 2.45) is 0 Å². The van der Waals surface area contributed by atoms with E-state index in [0.717, 1.165) is 16.7 Å². The van der Waals surface area contributed by atoms with Crippen molar-refractivity contribution in [3.8, 4) is 0 Å². The summed E-state index contributed by atoms with van der Waals surface area (Å²) in [5, 5.41) is 25.3. The fourth-order valence-corrected chi connectivity index (χ4v) is 6.79. The Morgan fingerprint density at radius 1 is 0.925 bits per heavy atom. The molecule has 0 aliphatic carbocycles. The quantitative estimate of drug-likeness (QED) is 0.311. The highest BCUT2D eigenvalue weighted by molar-refractivity contribution is 8.01. The molecule has 0 saturated carbocycles. The summed E-state index contributed by atoms with van der Waals surface area (Å²) in [7, 11) is 1.86. The minimum Gasteiger partial charge on any atom is -0.480 e. The van der Waals surface area contributed by atoms with Crippen molar-refractivity contribution in [1.29, 1.82) is 0 Å². The molecule has 0 radical (unpaired) electrons. The molecule has 2 amide bonds. The zero-order valence-electron chi connectivity index (χ0n) is 22.7. The fraction of sp³-hybridized carbons (Fsp3) is 0.323. The number of carbonyl (C=O) groups is 3. The van der Waals surface area contributed by atoms with Crippen LogP contribution in [0, 0.1) is 0 Å². The minimum atomic E-state index is -1.01. The molecule has 3 aromatic rings. The lowest BCUT2D eigenvalue weighted by molar-refractivity contribution is -0.161. The van der Waals surface area contributed by atoms with Gasteiger partial charge in [0.25, 0.3) is 0 Å². The Hall–Kier alpha value is -3.66. The van der Waals surface area contributed by atoms with Crippen molar-refractivity contribution in [3.63, 3.8) is 0 Å². The van der Waals surface area contributed by atoms with E-state index in [-0.39, 0.29) is 29.7 Å². The van der Waals surface area contributed by atoms with Crippen LogP contribution in [0.1, 0.15) is 42.7 Å². The third-order valence-electron chi connectivity index (χ3n) is 7.13. The van der Waals surface area contributed by atoms with Crippen LogP contribution in [0.3, 0.4) is 0 Å². The van der Waals surface area contributed by atoms with Crippen LogP contribution >= 0.6 is 11.8 Å². The third-order valence-corrected chi connectivity index (χ3v) is 8.70. The SMILES string of the molecule is CC1(C)SC2C(NC(=O)Cc3ccccc3)C(=O)N2C1C(=O)O.CNC(c1ccccc1)C(O)c1ccccc1. The lowest BCUT2D eigenvalue weighted by atomic mass is 9.96. The number of nitrogens with zero attached hydrogens (tertiary/aromatic N) is 1. The molecule has 2 aliphatic heterocycles. The zero-order valence-corrected chi connectivity index (χ0v) is 23.5. The summed E-state index contributed by atoms with van der Waals surface area (Å²) < 4.78 is -0.578. The summed E-state index contributed by atoms with van der Waals surface area (Å²) in [5.74, 6) is -1.55. The molecule has 2 saturated heterocycles. The molecule has 5 atom stereocenters. The molecule has 5 rings (SSSR count). The maximum atomic E-state index is 12.3. The van der Waals surface area contributed by atoms with Gasteiger partial charge in [0.2, 0.25) is 11.8 Å². The topological polar surface area (TPSA) is 119 Å². The standard InChI is InChI=1S/C16H18N2O4S.C15H17NO/c1-16(2)12(15(21)22)18-13(20)11(14(18)23-16)17-10(19)8-9-6-4-3-5-7-9;1-16-14(12-8-4-2-5-9-12)15(17)13-10-6-3-7-11-13/h3-7,11-12,14H,8H2,1-2H3,(H,17,19)(H,21,22);2-11,14-17H,1H3. The summed E-state index contributed by atoms with van der Waals surface area (Å²) in [6.07, 6.45) is -0.336. The van der Waals surface area contributed by atoms with Crippen molar-refractivity contribution in [2.45, 2.75) is 54.6 Å². The fourth-order valence-electron chi connectivity index (χ4n) is 5.16. The van der Waals surface area contributed by atoms with E-state index in [4.69, 9.17) is 0 Å². The first-order valence-corrected chi connectivity index (χ1v) is 14.0. The Labute approximate surface area is 238 Å². The predicted octanol–water partition coefficient (Wildman–Crippen LogP) is 3.54. The van der Waals surface area contributed by atoms with Gasteiger partial charge in [0.15, 0.2) is 0 Å². The Bertz CT molecular complexity index is 1310. The number of likely N-dealkylation sites (N-methyl/N-ethyl adjacent to an activating group) is 1. The van der Waals surface area contributed by atoms with E-state index in [9.17, 15) is 24.6 Å². The van der Waals surface area contributed by atoms with Gasteiger partial charge in [0, 0.05) is 4.75 Å². The number of β-lactam (4-membered cyclic amide) rings is 1. The number of rotatable bonds is 8. The predicted molar refractivity (Wildman–Crippen MR) is 155 cm³/mol. The molecule has 210 valence electrons. The van der Waals surface area contributed by atoms with Gasteiger partial charge < -0.3 is 25.7 Å². The number of hydrogen-bond donors (Lipinski definition) is 4. The molecule has 0 aromatic heterocycles. The van der Waals surface area contributed by atoms with Crippen LogP contribution in [0.2, 0.25) is 0 Å². The van der Waals surface area contributed by atoms with E-state index in [0.29, 0.717) is 0 Å². The largest absolute Gasteiger partial charge is 0.480 e. The summed E-state index contributed by atoms with van der Waals surface area (Å²) in [5.41, 5.74) is 2.89. The molecule has 4 N–H and O–H groups in total. The molecule has 8 nitrogen and oxygen atoms in total. The van der Waals surface area contributed by atoms with Crippen LogP contribution in [0.5, 0.6) is 0 Å². The van der Waals surface area contributed by atoms with E-state index in [1.807, 2.05) is 112 Å². The summed E-state index contributed by atoms with van der Waals surface area (Å²) in [6, 6.07) is 27.4. The number of aliphatic carboxylic acids is 1. The Morgan fingerprint density at radius 3 is 1.98 bits per heavy atom. The zero-order chi connectivity index (χ0) is 28.9. The number of hydrogen-bond acceptors (Lipinski definition) is 6. The van der Waals surface area contributed by atoms with Gasteiger partial charge in [-0.15, -0.1) is 11.8 Å². The number of carboxylic acids is 1. The second kappa shape index (κ2) is 12.7. The summed E-state index contributed by atoms with van der Waals surface area (Å²) >= 11 is 1.42. The normalized spacial score (nSPS) is 22.1. The molecular formula is C31H35N3O5S. The number of aliphatic hydroxyl groups excluding tert-OH is 1.